The van der Waals surface area contributed by atoms with E-state index in [0.29, 0.717) is 9.46 Å². The monoisotopic (exact) mass is 553 g/mol. The molecule has 4 rings (SSSR count). The van der Waals surface area contributed by atoms with Crippen LogP contribution in [0.25, 0.3) is 0 Å². The molecule has 1 unspecified atom stereocenters. The minimum atomic E-state index is -4.42. The molecule has 0 aromatic heterocycles. The van der Waals surface area contributed by atoms with E-state index in [9.17, 15) is 16.8 Å². The van der Waals surface area contributed by atoms with Gasteiger partial charge in [0.2, 0.25) is 0 Å². The summed E-state index contributed by atoms with van der Waals surface area (Å²) >= 11 is 1.39. The molecule has 0 heterocycles. The van der Waals surface area contributed by atoms with Crippen LogP contribution in [0.1, 0.15) is 16.4 Å². The number of benzene rings is 4. The molecule has 0 aliphatic carbocycles. The second-order valence-corrected chi connectivity index (χ2v) is 13.5. The highest BCUT2D eigenvalue weighted by atomic mass is 32.3. The zero-order valence-corrected chi connectivity index (χ0v) is 22.8. The Morgan fingerprint density at radius 3 is 1.78 bits per heavy atom. The van der Waals surface area contributed by atoms with E-state index in [1.807, 2.05) is 37.3 Å². The van der Waals surface area contributed by atoms with Crippen LogP contribution in [0, 0.1) is 6.92 Å². The van der Waals surface area contributed by atoms with Crippen LogP contribution in [0.3, 0.4) is 0 Å². The molecule has 9 heteroatoms. The Labute approximate surface area is 223 Å². The Balaban J connectivity index is 1.85. The van der Waals surface area contributed by atoms with Crippen molar-refractivity contribution in [1.29, 1.82) is 0 Å². The maximum atomic E-state index is 13.9. The minimum Gasteiger partial charge on any atom is -0.497 e. The summed E-state index contributed by atoms with van der Waals surface area (Å²) in [6.07, 6.45) is 0. The summed E-state index contributed by atoms with van der Waals surface area (Å²) < 4.78 is 61.4. The van der Waals surface area contributed by atoms with Gasteiger partial charge < -0.3 is 4.74 Å². The summed E-state index contributed by atoms with van der Waals surface area (Å²) in [5.41, 5.74) is 1.82. The highest BCUT2D eigenvalue weighted by Crippen LogP contribution is 2.39. The molecule has 0 aliphatic rings. The summed E-state index contributed by atoms with van der Waals surface area (Å²) in [6, 6.07) is 30.3. The lowest BCUT2D eigenvalue weighted by molar-refractivity contribution is 0.414. The number of ether oxygens (including phenoxy) is 1. The Morgan fingerprint density at radius 2 is 1.27 bits per heavy atom. The van der Waals surface area contributed by atoms with Crippen molar-refractivity contribution in [3.8, 4) is 5.75 Å². The van der Waals surface area contributed by atoms with Crippen LogP contribution in [0.15, 0.2) is 124 Å². The zero-order chi connectivity index (χ0) is 26.5. The summed E-state index contributed by atoms with van der Waals surface area (Å²) in [5, 5.41) is -0.560. The lowest BCUT2D eigenvalue weighted by atomic mass is 10.1. The molecule has 37 heavy (non-hydrogen) atoms. The number of nitrogens with zero attached hydrogens (tertiary/aromatic N) is 1. The molecular weight excluding hydrogens is 527 g/mol. The summed E-state index contributed by atoms with van der Waals surface area (Å²) in [6.45, 7) is 1.66. The summed E-state index contributed by atoms with van der Waals surface area (Å²) in [4.78, 5) is 0.686. The van der Waals surface area contributed by atoms with Gasteiger partial charge in [-0.15, -0.1) is 11.8 Å². The van der Waals surface area contributed by atoms with Crippen LogP contribution in [0.2, 0.25) is 0 Å². The average Bonchev–Trinajstić information content (AvgIpc) is 2.92. The van der Waals surface area contributed by atoms with Crippen molar-refractivity contribution in [3.05, 3.63) is 120 Å². The first kappa shape index (κ1) is 26.9. The topological polar surface area (TPSA) is 80.8 Å². The van der Waals surface area contributed by atoms with Crippen LogP contribution in [0.5, 0.6) is 5.75 Å². The van der Waals surface area contributed by atoms with Crippen LogP contribution in [-0.4, -0.2) is 34.2 Å². The Bertz CT molecular complexity index is 1470. The molecule has 1 atom stereocenters. The second kappa shape index (κ2) is 11.5. The molecule has 0 N–H and O–H groups in total. The first-order chi connectivity index (χ1) is 17.7. The van der Waals surface area contributed by atoms with Gasteiger partial charge in [-0.2, -0.15) is 0 Å². The van der Waals surface area contributed by atoms with E-state index in [1.165, 1.54) is 36.0 Å². The Hall–Kier alpha value is -3.11. The van der Waals surface area contributed by atoms with E-state index < -0.39 is 25.3 Å². The van der Waals surface area contributed by atoms with Gasteiger partial charge in [0.15, 0.2) is 0 Å². The zero-order valence-electron chi connectivity index (χ0n) is 20.4. The van der Waals surface area contributed by atoms with Gasteiger partial charge in [-0.3, -0.25) is 0 Å². The number of hydrogen-bond acceptors (Lipinski definition) is 6. The van der Waals surface area contributed by atoms with E-state index >= 15 is 0 Å². The van der Waals surface area contributed by atoms with Crippen LogP contribution in [-0.2, 0) is 20.0 Å². The molecule has 0 aliphatic heterocycles. The maximum absolute atomic E-state index is 13.9. The molecule has 4 aromatic carbocycles. The number of rotatable bonds is 10. The van der Waals surface area contributed by atoms with E-state index in [-0.39, 0.29) is 16.3 Å². The van der Waals surface area contributed by atoms with Gasteiger partial charge in [0.1, 0.15) is 5.75 Å². The summed E-state index contributed by atoms with van der Waals surface area (Å²) in [5.74, 6) is 0.593. The molecule has 0 saturated carbocycles. The van der Waals surface area contributed by atoms with Crippen molar-refractivity contribution < 1.29 is 21.6 Å². The lowest BCUT2D eigenvalue weighted by Gasteiger charge is -2.27. The fraction of sp³-hybridized carbons (Fsp3) is 0.143. The fourth-order valence-electron chi connectivity index (χ4n) is 3.71. The lowest BCUT2D eigenvalue weighted by Crippen LogP contribution is -2.39. The van der Waals surface area contributed by atoms with Crippen molar-refractivity contribution in [2.45, 2.75) is 26.9 Å². The molecule has 6 nitrogen and oxygen atoms in total. The van der Waals surface area contributed by atoms with E-state index in [1.54, 1.807) is 61.7 Å². The van der Waals surface area contributed by atoms with Gasteiger partial charge in [-0.1, -0.05) is 69.9 Å². The first-order valence-electron chi connectivity index (χ1n) is 11.5. The molecule has 4 aromatic rings. The predicted molar refractivity (Wildman–Crippen MR) is 147 cm³/mol. The molecular formula is C28H27NO5S3. The molecule has 0 fully saturated rings. The standard InChI is InChI=1S/C28H27NO5S3/c1-22-16-18-25(19-17-22)35-28(23-10-9-11-24(20-23)34-2)21-29(36(30,31)26-12-5-3-6-13-26)37(32,33)27-14-7-4-8-15-27/h3-20,28H,21H2,1-2H3. The number of hydrogen-bond donors (Lipinski definition) is 0. The Kier molecular flexibility index (Phi) is 8.39. The number of methoxy groups -OCH3 is 1. The largest absolute Gasteiger partial charge is 0.497 e. The normalized spacial score (nSPS) is 12.8. The SMILES string of the molecule is COc1cccc(C(CN(S(=O)(=O)c2ccccc2)S(=O)(=O)c2ccccc2)Sc2ccc(C)cc2)c1. The number of sulfonamides is 2. The van der Waals surface area contributed by atoms with Crippen molar-refractivity contribution >= 4 is 31.8 Å². The van der Waals surface area contributed by atoms with Crippen molar-refractivity contribution in [1.82, 2.24) is 3.71 Å². The van der Waals surface area contributed by atoms with Crippen LogP contribution < -0.4 is 4.74 Å². The highest BCUT2D eigenvalue weighted by Gasteiger charge is 2.38. The van der Waals surface area contributed by atoms with Crippen LogP contribution in [0.4, 0.5) is 0 Å². The Morgan fingerprint density at radius 1 is 0.730 bits per heavy atom. The minimum absolute atomic E-state index is 0.0979. The molecule has 192 valence electrons. The summed E-state index contributed by atoms with van der Waals surface area (Å²) in [7, 11) is -7.30. The van der Waals surface area contributed by atoms with Gasteiger partial charge in [0, 0.05) is 16.7 Å². The van der Waals surface area contributed by atoms with Gasteiger partial charge in [0.05, 0.1) is 16.9 Å². The van der Waals surface area contributed by atoms with Gasteiger partial charge >= 0.3 is 0 Å². The smallest absolute Gasteiger partial charge is 0.256 e. The van der Waals surface area contributed by atoms with E-state index in [2.05, 4.69) is 0 Å². The number of aryl methyl sites for hydroxylation is 1. The highest BCUT2D eigenvalue weighted by molar-refractivity contribution is 8.04. The molecule has 0 radical (unpaired) electrons. The van der Waals surface area contributed by atoms with Crippen LogP contribution >= 0.6 is 11.8 Å². The molecule has 0 saturated heterocycles. The third-order valence-corrected chi connectivity index (χ3v) is 11.2. The van der Waals surface area contributed by atoms with Gasteiger partial charge in [-0.05, 0) is 61.0 Å². The fourth-order valence-corrected chi connectivity index (χ4v) is 8.74. The van der Waals surface area contributed by atoms with Crippen molar-refractivity contribution in [2.24, 2.45) is 0 Å². The van der Waals surface area contributed by atoms with E-state index in [0.717, 1.165) is 16.0 Å². The van der Waals surface area contributed by atoms with E-state index in [4.69, 9.17) is 4.74 Å². The third-order valence-electron chi connectivity index (χ3n) is 5.70. The molecule has 0 bridgehead atoms. The van der Waals surface area contributed by atoms with Crippen molar-refractivity contribution in [2.75, 3.05) is 13.7 Å². The molecule has 0 amide bonds. The number of thioether (sulfide) groups is 1. The van der Waals surface area contributed by atoms with Gasteiger partial charge in [-0.25, -0.2) is 16.8 Å². The van der Waals surface area contributed by atoms with Gasteiger partial charge in [0.25, 0.3) is 20.0 Å². The quantitative estimate of drug-likeness (QED) is 0.227. The van der Waals surface area contributed by atoms with Crippen molar-refractivity contribution in [3.63, 3.8) is 0 Å². The maximum Gasteiger partial charge on any atom is 0.256 e. The first-order valence-corrected chi connectivity index (χ1v) is 15.2. The third kappa shape index (κ3) is 6.24. The average molecular weight is 554 g/mol. The molecule has 0 spiro atoms. The predicted octanol–water partition coefficient (Wildman–Crippen LogP) is 5.92. The second-order valence-electron chi connectivity index (χ2n) is 8.29.